The molecular formula is C23H39N3O6S. The van der Waals surface area contributed by atoms with Crippen LogP contribution in [0.25, 0.3) is 0 Å². The number of methoxy groups -OCH3 is 1. The number of aliphatic hydroxyl groups is 1. The molecule has 1 rings (SSSR count). The third kappa shape index (κ3) is 9.02. The highest BCUT2D eigenvalue weighted by Gasteiger charge is 2.36. The lowest BCUT2D eigenvalue weighted by atomic mass is 9.75. The Morgan fingerprint density at radius 3 is 2.45 bits per heavy atom. The third-order valence-electron chi connectivity index (χ3n) is 5.86. The van der Waals surface area contributed by atoms with Crippen molar-refractivity contribution >= 4 is 21.7 Å². The molecular weight excluding hydrogens is 446 g/mol. The number of carbonyl (C=O) groups is 2. The van der Waals surface area contributed by atoms with E-state index < -0.39 is 27.3 Å². The van der Waals surface area contributed by atoms with Gasteiger partial charge in [0.15, 0.2) is 9.84 Å². The maximum atomic E-state index is 13.0. The minimum atomic E-state index is -3.35. The Bertz CT molecular complexity index is 903. The number of carbonyl (C=O) groups excluding carboxylic acids is 2. The summed E-state index contributed by atoms with van der Waals surface area (Å²) < 4.78 is 29.1. The molecule has 0 bridgehead atoms. The summed E-state index contributed by atoms with van der Waals surface area (Å²) >= 11 is 0. The average Bonchev–Trinajstić information content (AvgIpc) is 2.72. The van der Waals surface area contributed by atoms with Crippen molar-refractivity contribution in [2.24, 2.45) is 11.3 Å². The molecule has 1 unspecified atom stereocenters. The van der Waals surface area contributed by atoms with Crippen LogP contribution in [0.4, 0.5) is 0 Å². The van der Waals surface area contributed by atoms with Crippen molar-refractivity contribution in [3.8, 4) is 0 Å². The Labute approximate surface area is 197 Å². The van der Waals surface area contributed by atoms with Crippen molar-refractivity contribution in [3.05, 3.63) is 29.6 Å². The van der Waals surface area contributed by atoms with Gasteiger partial charge in [-0.25, -0.2) is 13.8 Å². The maximum Gasteiger partial charge on any atom is 0.308 e. The van der Waals surface area contributed by atoms with Crippen LogP contribution in [-0.2, 0) is 36.0 Å². The second-order valence-electron chi connectivity index (χ2n) is 9.58. The standard InChI is InChI=1S/C23H39N3O6S/c1-17(20(28)32-6)12-18-13-19(15-25-14-18)23(4,21(29)26-24-5)9-7-8-22(2,3)16-33(30,31)11-10-27/h13-15,17,24,27H,7-12,16H2,1-6H3,(H,26,29)/t17-,23?/m0/s1. The van der Waals surface area contributed by atoms with Crippen molar-refractivity contribution in [1.82, 2.24) is 15.8 Å². The first-order chi connectivity index (χ1) is 15.3. The Morgan fingerprint density at radius 2 is 1.88 bits per heavy atom. The van der Waals surface area contributed by atoms with Gasteiger partial charge in [-0.1, -0.05) is 33.3 Å². The van der Waals surface area contributed by atoms with Crippen molar-refractivity contribution in [1.29, 1.82) is 0 Å². The van der Waals surface area contributed by atoms with Crippen LogP contribution in [-0.4, -0.2) is 62.7 Å². The van der Waals surface area contributed by atoms with Crippen LogP contribution in [0.2, 0.25) is 0 Å². The molecule has 0 aliphatic carbocycles. The van der Waals surface area contributed by atoms with Crippen molar-refractivity contribution < 1.29 is 27.9 Å². The Hall–Kier alpha value is -2.04. The largest absolute Gasteiger partial charge is 0.469 e. The predicted octanol–water partition coefficient (Wildman–Crippen LogP) is 1.55. The molecule has 0 aliphatic heterocycles. The second kappa shape index (κ2) is 12.4. The van der Waals surface area contributed by atoms with Crippen molar-refractivity contribution in [2.45, 2.75) is 58.8 Å². The summed E-state index contributed by atoms with van der Waals surface area (Å²) in [7, 11) is -0.384. The summed E-state index contributed by atoms with van der Waals surface area (Å²) in [4.78, 5) is 29.1. The Morgan fingerprint density at radius 1 is 1.21 bits per heavy atom. The van der Waals surface area contributed by atoms with Gasteiger partial charge >= 0.3 is 5.97 Å². The third-order valence-corrected chi connectivity index (χ3v) is 7.89. The first-order valence-electron chi connectivity index (χ1n) is 11.1. The lowest BCUT2D eigenvalue weighted by molar-refractivity contribution is -0.144. The fourth-order valence-electron chi connectivity index (χ4n) is 3.98. The van der Waals surface area contributed by atoms with Crippen LogP contribution < -0.4 is 10.9 Å². The summed E-state index contributed by atoms with van der Waals surface area (Å²) in [5.41, 5.74) is 5.47. The number of aromatic nitrogens is 1. The van der Waals surface area contributed by atoms with Gasteiger partial charge in [0.1, 0.15) is 0 Å². The highest BCUT2D eigenvalue weighted by Crippen LogP contribution is 2.34. The molecule has 1 aromatic heterocycles. The van der Waals surface area contributed by atoms with Gasteiger partial charge in [0.05, 0.1) is 36.6 Å². The highest BCUT2D eigenvalue weighted by molar-refractivity contribution is 7.91. The van der Waals surface area contributed by atoms with Gasteiger partial charge in [-0.2, -0.15) is 0 Å². The van der Waals surface area contributed by atoms with Crippen LogP contribution in [0, 0.1) is 11.3 Å². The molecule has 0 aliphatic rings. The first kappa shape index (κ1) is 29.0. The van der Waals surface area contributed by atoms with E-state index in [1.54, 1.807) is 26.4 Å². The zero-order valence-electron chi connectivity index (χ0n) is 20.6. The number of nitrogens with one attached hydrogen (secondary N) is 2. The minimum absolute atomic E-state index is 0.0254. The molecule has 0 saturated carbocycles. The van der Waals surface area contributed by atoms with Crippen LogP contribution in [0.1, 0.15) is 58.1 Å². The Balaban J connectivity index is 3.06. The summed E-state index contributed by atoms with van der Waals surface area (Å²) in [5.74, 6) is -1.15. The van der Waals surface area contributed by atoms with Crippen LogP contribution in [0.15, 0.2) is 18.5 Å². The summed E-state index contributed by atoms with van der Waals surface area (Å²) in [6, 6.07) is 1.89. The molecule has 3 N–H and O–H groups in total. The van der Waals surface area contributed by atoms with E-state index in [0.29, 0.717) is 25.7 Å². The van der Waals surface area contributed by atoms with E-state index in [2.05, 4.69) is 15.8 Å². The number of hydrogen-bond acceptors (Lipinski definition) is 8. The number of hydrazine groups is 1. The molecule has 0 aromatic carbocycles. The van der Waals surface area contributed by atoms with Gasteiger partial charge in [-0.05, 0) is 42.7 Å². The van der Waals surface area contributed by atoms with E-state index >= 15 is 0 Å². The molecule has 0 radical (unpaired) electrons. The lowest BCUT2D eigenvalue weighted by Crippen LogP contribution is -2.47. The lowest BCUT2D eigenvalue weighted by Gasteiger charge is -2.31. The van der Waals surface area contributed by atoms with Crippen LogP contribution >= 0.6 is 0 Å². The molecule has 188 valence electrons. The maximum absolute atomic E-state index is 13.0. The zero-order valence-corrected chi connectivity index (χ0v) is 21.4. The molecule has 1 aromatic rings. The molecule has 33 heavy (non-hydrogen) atoms. The number of nitrogens with zero attached hydrogens (tertiary/aromatic N) is 1. The van der Waals surface area contributed by atoms with E-state index in [1.165, 1.54) is 7.11 Å². The van der Waals surface area contributed by atoms with E-state index in [0.717, 1.165) is 11.1 Å². The fourth-order valence-corrected chi connectivity index (χ4v) is 5.74. The van der Waals surface area contributed by atoms with Crippen LogP contribution in [0.5, 0.6) is 0 Å². The van der Waals surface area contributed by atoms with Gasteiger partial charge < -0.3 is 9.84 Å². The second-order valence-corrected chi connectivity index (χ2v) is 11.8. The molecule has 9 nitrogen and oxygen atoms in total. The summed E-state index contributed by atoms with van der Waals surface area (Å²) in [6.45, 7) is 6.98. The first-order valence-corrected chi connectivity index (χ1v) is 12.9. The van der Waals surface area contributed by atoms with Gasteiger partial charge in [0, 0.05) is 19.4 Å². The quantitative estimate of drug-likeness (QED) is 0.267. The fraction of sp³-hybridized carbons (Fsp3) is 0.696. The minimum Gasteiger partial charge on any atom is -0.469 e. The van der Waals surface area contributed by atoms with E-state index in [-0.39, 0.29) is 29.3 Å². The molecule has 0 saturated heterocycles. The SMILES string of the molecule is CNNC(=O)C(C)(CCCC(C)(C)CS(=O)(=O)CCO)c1cncc(C[C@H](C)C(=O)OC)c1. The van der Waals surface area contributed by atoms with Crippen molar-refractivity contribution in [3.63, 3.8) is 0 Å². The molecule has 2 atom stereocenters. The van der Waals surface area contributed by atoms with Crippen molar-refractivity contribution in [2.75, 3.05) is 32.3 Å². The normalized spacial score (nSPS) is 14.9. The highest BCUT2D eigenvalue weighted by atomic mass is 32.2. The van der Waals surface area contributed by atoms with Gasteiger partial charge in [-0.15, -0.1) is 0 Å². The van der Waals surface area contributed by atoms with E-state index in [1.807, 2.05) is 26.8 Å². The molecule has 1 amide bonds. The summed E-state index contributed by atoms with van der Waals surface area (Å²) in [6.07, 6.45) is 5.44. The number of amides is 1. The van der Waals surface area contributed by atoms with Crippen LogP contribution in [0.3, 0.4) is 0 Å². The number of ether oxygens (including phenoxy) is 1. The topological polar surface area (TPSA) is 135 Å². The zero-order chi connectivity index (χ0) is 25.3. The monoisotopic (exact) mass is 485 g/mol. The number of pyridine rings is 1. The molecule has 1 heterocycles. The van der Waals surface area contributed by atoms with E-state index in [9.17, 15) is 18.0 Å². The molecule has 0 fully saturated rings. The number of sulfone groups is 1. The van der Waals surface area contributed by atoms with Gasteiger partial charge in [0.2, 0.25) is 5.91 Å². The predicted molar refractivity (Wildman–Crippen MR) is 127 cm³/mol. The summed E-state index contributed by atoms with van der Waals surface area (Å²) in [5, 5.41) is 8.98. The number of rotatable bonds is 14. The Kier molecular flexibility index (Phi) is 10.9. The number of aliphatic hydroxyl groups excluding tert-OH is 1. The molecule has 10 heteroatoms. The number of hydrogen-bond donors (Lipinski definition) is 3. The smallest absolute Gasteiger partial charge is 0.308 e. The molecule has 0 spiro atoms. The number of esters is 1. The van der Waals surface area contributed by atoms with Gasteiger partial charge in [-0.3, -0.25) is 20.0 Å². The average molecular weight is 486 g/mol. The van der Waals surface area contributed by atoms with Gasteiger partial charge in [0.25, 0.3) is 0 Å². The van der Waals surface area contributed by atoms with E-state index in [4.69, 9.17) is 9.84 Å².